The standard InChI is InChI=1S/C11H19F3N2O3S/c1-3-5-16(7-11(12,13)14)10(19)15-8(9(17)18)4-6-20-2/h8H,3-7H2,1-2H3,(H,15,19)(H,17,18)/t8-/m0/s1. The first-order chi connectivity index (χ1) is 9.21. The summed E-state index contributed by atoms with van der Waals surface area (Å²) in [4.78, 5) is 23.3. The predicted octanol–water partition coefficient (Wildman–Crippen LogP) is 2.18. The predicted molar refractivity (Wildman–Crippen MR) is 70.9 cm³/mol. The normalized spacial score (nSPS) is 12.8. The van der Waals surface area contributed by atoms with Gasteiger partial charge in [0.05, 0.1) is 0 Å². The number of nitrogens with one attached hydrogen (secondary N) is 1. The monoisotopic (exact) mass is 316 g/mol. The highest BCUT2D eigenvalue weighted by Crippen LogP contribution is 2.17. The molecule has 20 heavy (non-hydrogen) atoms. The molecule has 0 saturated heterocycles. The number of carboxylic acids is 1. The van der Waals surface area contributed by atoms with E-state index >= 15 is 0 Å². The lowest BCUT2D eigenvalue weighted by molar-refractivity contribution is -0.141. The highest BCUT2D eigenvalue weighted by molar-refractivity contribution is 7.98. The molecule has 2 amide bonds. The van der Waals surface area contributed by atoms with Gasteiger partial charge in [-0.3, -0.25) is 0 Å². The van der Waals surface area contributed by atoms with Crippen LogP contribution in [0.1, 0.15) is 19.8 Å². The average molecular weight is 316 g/mol. The molecule has 0 saturated carbocycles. The smallest absolute Gasteiger partial charge is 0.406 e. The van der Waals surface area contributed by atoms with Gasteiger partial charge in [-0.1, -0.05) is 6.92 Å². The quantitative estimate of drug-likeness (QED) is 0.720. The first kappa shape index (κ1) is 18.9. The zero-order valence-corrected chi connectivity index (χ0v) is 12.2. The molecule has 0 aromatic rings. The van der Waals surface area contributed by atoms with Gasteiger partial charge in [0.25, 0.3) is 0 Å². The van der Waals surface area contributed by atoms with Crippen molar-refractivity contribution in [2.24, 2.45) is 0 Å². The number of carboxylic acid groups (broad SMARTS) is 1. The molecule has 1 atom stereocenters. The van der Waals surface area contributed by atoms with E-state index in [2.05, 4.69) is 5.32 Å². The lowest BCUT2D eigenvalue weighted by atomic mass is 10.2. The van der Waals surface area contributed by atoms with Crippen molar-refractivity contribution >= 4 is 23.8 Å². The number of aliphatic carboxylic acids is 1. The van der Waals surface area contributed by atoms with Crippen LogP contribution in [0.25, 0.3) is 0 Å². The van der Waals surface area contributed by atoms with Crippen LogP contribution in [0.2, 0.25) is 0 Å². The zero-order valence-electron chi connectivity index (χ0n) is 11.4. The summed E-state index contributed by atoms with van der Waals surface area (Å²) in [6, 6.07) is -2.18. The maximum atomic E-state index is 12.3. The van der Waals surface area contributed by atoms with E-state index in [9.17, 15) is 22.8 Å². The number of nitrogens with zero attached hydrogens (tertiary/aromatic N) is 1. The molecular formula is C11H19F3N2O3S. The number of hydrogen-bond acceptors (Lipinski definition) is 3. The first-order valence-electron chi connectivity index (χ1n) is 6.05. The third kappa shape index (κ3) is 8.13. The van der Waals surface area contributed by atoms with Crippen LogP contribution in [0.4, 0.5) is 18.0 Å². The Morgan fingerprint density at radius 3 is 2.40 bits per heavy atom. The Labute approximate surface area is 119 Å². The number of thioether (sulfide) groups is 1. The SMILES string of the molecule is CCCN(CC(F)(F)F)C(=O)N[C@@H](CCSC)C(=O)O. The van der Waals surface area contributed by atoms with Crippen LogP contribution in [0.5, 0.6) is 0 Å². The number of halogens is 3. The van der Waals surface area contributed by atoms with Gasteiger partial charge in [0.15, 0.2) is 0 Å². The summed E-state index contributed by atoms with van der Waals surface area (Å²) in [7, 11) is 0. The van der Waals surface area contributed by atoms with Crippen LogP contribution in [0.15, 0.2) is 0 Å². The summed E-state index contributed by atoms with van der Waals surface area (Å²) in [5.41, 5.74) is 0. The van der Waals surface area contributed by atoms with Gasteiger partial charge < -0.3 is 15.3 Å². The Bertz CT molecular complexity index is 327. The van der Waals surface area contributed by atoms with E-state index in [-0.39, 0.29) is 13.0 Å². The molecule has 0 spiro atoms. The molecule has 5 nitrogen and oxygen atoms in total. The fourth-order valence-corrected chi connectivity index (χ4v) is 1.94. The fraction of sp³-hybridized carbons (Fsp3) is 0.818. The largest absolute Gasteiger partial charge is 0.480 e. The van der Waals surface area contributed by atoms with E-state index in [0.717, 1.165) is 0 Å². The van der Waals surface area contributed by atoms with Crippen molar-refractivity contribution in [3.05, 3.63) is 0 Å². The van der Waals surface area contributed by atoms with Gasteiger partial charge in [0, 0.05) is 6.54 Å². The molecule has 0 bridgehead atoms. The minimum Gasteiger partial charge on any atom is -0.480 e. The van der Waals surface area contributed by atoms with Gasteiger partial charge in [-0.05, 0) is 24.9 Å². The van der Waals surface area contributed by atoms with Crippen LogP contribution in [0.3, 0.4) is 0 Å². The molecule has 0 heterocycles. The number of amides is 2. The minimum atomic E-state index is -4.51. The number of carbonyl (C=O) groups is 2. The Hall–Kier alpha value is -1.12. The minimum absolute atomic E-state index is 0.0831. The molecule has 118 valence electrons. The van der Waals surface area contributed by atoms with Crippen molar-refractivity contribution in [1.29, 1.82) is 0 Å². The Morgan fingerprint density at radius 1 is 1.40 bits per heavy atom. The highest BCUT2D eigenvalue weighted by Gasteiger charge is 2.33. The van der Waals surface area contributed by atoms with Gasteiger partial charge in [0.2, 0.25) is 0 Å². The molecule has 0 unspecified atom stereocenters. The molecule has 0 fully saturated rings. The number of urea groups is 1. The molecule has 0 aliphatic rings. The molecule has 0 rings (SSSR count). The van der Waals surface area contributed by atoms with Gasteiger partial charge in [-0.25, -0.2) is 9.59 Å². The van der Waals surface area contributed by atoms with Crippen molar-refractivity contribution in [3.63, 3.8) is 0 Å². The Kier molecular flexibility index (Phi) is 8.43. The summed E-state index contributed by atoms with van der Waals surface area (Å²) >= 11 is 1.39. The third-order valence-electron chi connectivity index (χ3n) is 2.36. The lowest BCUT2D eigenvalue weighted by Crippen LogP contribution is -2.50. The first-order valence-corrected chi connectivity index (χ1v) is 7.44. The van der Waals surface area contributed by atoms with E-state index in [1.807, 2.05) is 0 Å². The molecule has 0 aliphatic carbocycles. The zero-order chi connectivity index (χ0) is 15.8. The molecule has 2 N–H and O–H groups in total. The molecule has 0 aromatic carbocycles. The van der Waals surface area contributed by atoms with Gasteiger partial charge in [-0.15, -0.1) is 0 Å². The second-order valence-corrected chi connectivity index (χ2v) is 5.14. The molecule has 9 heteroatoms. The van der Waals surface area contributed by atoms with E-state index in [0.29, 0.717) is 17.1 Å². The van der Waals surface area contributed by atoms with E-state index < -0.39 is 30.8 Å². The van der Waals surface area contributed by atoms with E-state index in [1.165, 1.54) is 11.8 Å². The van der Waals surface area contributed by atoms with Crippen LogP contribution < -0.4 is 5.32 Å². The molecule has 0 aliphatic heterocycles. The van der Waals surface area contributed by atoms with Crippen molar-refractivity contribution in [1.82, 2.24) is 10.2 Å². The summed E-state index contributed by atoms with van der Waals surface area (Å²) in [6.45, 7) is 0.167. The summed E-state index contributed by atoms with van der Waals surface area (Å²) in [5.74, 6) is -0.763. The van der Waals surface area contributed by atoms with Crippen molar-refractivity contribution in [3.8, 4) is 0 Å². The summed E-state index contributed by atoms with van der Waals surface area (Å²) in [5, 5.41) is 11.1. The van der Waals surface area contributed by atoms with Crippen molar-refractivity contribution in [2.75, 3.05) is 25.1 Å². The molecule has 0 radical (unpaired) electrons. The fourth-order valence-electron chi connectivity index (χ4n) is 1.47. The number of hydrogen-bond donors (Lipinski definition) is 2. The van der Waals surface area contributed by atoms with E-state index in [4.69, 9.17) is 5.11 Å². The van der Waals surface area contributed by atoms with Crippen LogP contribution >= 0.6 is 11.8 Å². The maximum Gasteiger partial charge on any atom is 0.406 e. The van der Waals surface area contributed by atoms with Gasteiger partial charge in [-0.2, -0.15) is 24.9 Å². The molecule has 0 aromatic heterocycles. The topological polar surface area (TPSA) is 69.6 Å². The maximum absolute atomic E-state index is 12.3. The lowest BCUT2D eigenvalue weighted by Gasteiger charge is -2.25. The van der Waals surface area contributed by atoms with Gasteiger partial charge in [0.1, 0.15) is 12.6 Å². The van der Waals surface area contributed by atoms with Crippen LogP contribution in [0, 0.1) is 0 Å². The van der Waals surface area contributed by atoms with Crippen LogP contribution in [-0.2, 0) is 4.79 Å². The van der Waals surface area contributed by atoms with E-state index in [1.54, 1.807) is 13.2 Å². The average Bonchev–Trinajstić information content (AvgIpc) is 2.31. The Balaban J connectivity index is 4.66. The third-order valence-corrected chi connectivity index (χ3v) is 3.00. The number of rotatable bonds is 8. The van der Waals surface area contributed by atoms with Crippen LogP contribution in [-0.4, -0.2) is 59.3 Å². The molecular weight excluding hydrogens is 297 g/mol. The summed E-state index contributed by atoms with van der Waals surface area (Å²) < 4.78 is 37.0. The van der Waals surface area contributed by atoms with Crippen molar-refractivity contribution < 1.29 is 27.9 Å². The summed E-state index contributed by atoms with van der Waals surface area (Å²) in [6.07, 6.45) is -2.22. The second-order valence-electron chi connectivity index (χ2n) is 4.16. The van der Waals surface area contributed by atoms with Crippen molar-refractivity contribution in [2.45, 2.75) is 32.0 Å². The highest BCUT2D eigenvalue weighted by atomic mass is 32.2. The van der Waals surface area contributed by atoms with Gasteiger partial charge >= 0.3 is 18.2 Å². The number of carbonyl (C=O) groups excluding carboxylic acids is 1. The number of alkyl halides is 3. The Morgan fingerprint density at radius 2 is 2.00 bits per heavy atom. The second kappa shape index (κ2) is 8.93.